The smallest absolute Gasteiger partial charge is 0.356 e. The fourth-order valence-electron chi connectivity index (χ4n) is 2.62. The molecule has 0 aliphatic carbocycles. The Balaban J connectivity index is 1.69. The molecule has 1 saturated heterocycles. The van der Waals surface area contributed by atoms with Crippen LogP contribution in [0.15, 0.2) is 36.7 Å². The van der Waals surface area contributed by atoms with Gasteiger partial charge in [-0.3, -0.25) is 4.79 Å². The molecule has 0 saturated carbocycles. The summed E-state index contributed by atoms with van der Waals surface area (Å²) in [5, 5.41) is 9.81. The highest BCUT2D eigenvalue weighted by molar-refractivity contribution is 6.30. The highest BCUT2D eigenvalue weighted by atomic mass is 35.5. The van der Waals surface area contributed by atoms with Crippen molar-refractivity contribution in [1.82, 2.24) is 14.9 Å². The first-order valence-corrected chi connectivity index (χ1v) is 7.78. The quantitative estimate of drug-likeness (QED) is 0.911. The minimum absolute atomic E-state index is 0.120. The number of rotatable bonds is 3. The van der Waals surface area contributed by atoms with E-state index in [1.165, 1.54) is 12.4 Å². The van der Waals surface area contributed by atoms with Crippen molar-refractivity contribution < 1.29 is 14.7 Å². The number of carbonyl (C=O) groups excluding carboxylic acids is 1. The first kappa shape index (κ1) is 16.2. The van der Waals surface area contributed by atoms with E-state index < -0.39 is 11.9 Å². The summed E-state index contributed by atoms with van der Waals surface area (Å²) in [6, 6.07) is 7.52. The highest BCUT2D eigenvalue weighted by Crippen LogP contribution is 2.20. The second kappa shape index (κ2) is 6.84. The molecular formula is C16H15ClN4O3. The molecule has 1 aromatic heterocycles. The van der Waals surface area contributed by atoms with Crippen molar-refractivity contribution in [2.24, 2.45) is 0 Å². The molecule has 2 heterocycles. The van der Waals surface area contributed by atoms with Crippen LogP contribution >= 0.6 is 11.6 Å². The molecule has 1 N–H and O–H groups in total. The second-order valence-corrected chi connectivity index (χ2v) is 5.75. The average Bonchev–Trinajstić information content (AvgIpc) is 2.62. The number of halogens is 1. The lowest BCUT2D eigenvalue weighted by Crippen LogP contribution is -2.49. The maximum absolute atomic E-state index is 12.5. The molecule has 24 heavy (non-hydrogen) atoms. The van der Waals surface area contributed by atoms with E-state index in [1.807, 2.05) is 24.3 Å². The third-order valence-electron chi connectivity index (χ3n) is 3.86. The number of aromatic nitrogens is 2. The molecular weight excluding hydrogens is 332 g/mol. The first-order chi connectivity index (χ1) is 11.6. The third kappa shape index (κ3) is 3.30. The van der Waals surface area contributed by atoms with Crippen molar-refractivity contribution in [2.75, 3.05) is 31.1 Å². The Morgan fingerprint density at radius 2 is 1.54 bits per heavy atom. The molecule has 1 aliphatic rings. The maximum atomic E-state index is 12.5. The largest absolute Gasteiger partial charge is 0.476 e. The van der Waals surface area contributed by atoms with Crippen molar-refractivity contribution >= 4 is 29.2 Å². The molecule has 1 fully saturated rings. The van der Waals surface area contributed by atoms with Crippen LogP contribution in [0.1, 0.15) is 21.0 Å². The number of carbonyl (C=O) groups is 2. The van der Waals surface area contributed by atoms with Gasteiger partial charge in [0.1, 0.15) is 0 Å². The molecule has 1 aromatic carbocycles. The molecule has 0 atom stereocenters. The van der Waals surface area contributed by atoms with Crippen molar-refractivity contribution in [3.63, 3.8) is 0 Å². The highest BCUT2D eigenvalue weighted by Gasteiger charge is 2.27. The Labute approximate surface area is 143 Å². The zero-order valence-electron chi connectivity index (χ0n) is 12.7. The summed E-state index contributed by atoms with van der Waals surface area (Å²) in [5.74, 6) is -1.66. The van der Waals surface area contributed by atoms with E-state index in [9.17, 15) is 9.59 Å². The Kier molecular flexibility index (Phi) is 4.61. The number of carboxylic acids is 1. The molecule has 3 rings (SSSR count). The normalized spacial score (nSPS) is 14.5. The number of anilines is 1. The van der Waals surface area contributed by atoms with Gasteiger partial charge in [-0.1, -0.05) is 11.6 Å². The van der Waals surface area contributed by atoms with Gasteiger partial charge >= 0.3 is 5.97 Å². The van der Waals surface area contributed by atoms with Crippen LogP contribution in [0.25, 0.3) is 0 Å². The van der Waals surface area contributed by atoms with Gasteiger partial charge < -0.3 is 14.9 Å². The SMILES string of the molecule is O=C(O)c1nccnc1C(=O)N1CCN(c2ccc(Cl)cc2)CC1. The van der Waals surface area contributed by atoms with E-state index in [2.05, 4.69) is 14.9 Å². The van der Waals surface area contributed by atoms with E-state index in [1.54, 1.807) is 4.90 Å². The monoisotopic (exact) mass is 346 g/mol. The van der Waals surface area contributed by atoms with Crippen LogP contribution in [0.4, 0.5) is 5.69 Å². The number of amides is 1. The van der Waals surface area contributed by atoms with Crippen molar-refractivity contribution in [3.05, 3.63) is 53.1 Å². The Morgan fingerprint density at radius 1 is 0.958 bits per heavy atom. The van der Waals surface area contributed by atoms with Crippen molar-refractivity contribution in [3.8, 4) is 0 Å². The lowest BCUT2D eigenvalue weighted by atomic mass is 10.2. The molecule has 1 amide bonds. The van der Waals surface area contributed by atoms with Gasteiger partial charge in [0.25, 0.3) is 5.91 Å². The van der Waals surface area contributed by atoms with Crippen LogP contribution in [0.5, 0.6) is 0 Å². The fraction of sp³-hybridized carbons (Fsp3) is 0.250. The van der Waals surface area contributed by atoms with Crippen LogP contribution in [0.3, 0.4) is 0 Å². The van der Waals surface area contributed by atoms with Crippen LogP contribution in [0, 0.1) is 0 Å². The van der Waals surface area contributed by atoms with E-state index >= 15 is 0 Å². The lowest BCUT2D eigenvalue weighted by molar-refractivity contribution is 0.0663. The summed E-state index contributed by atoms with van der Waals surface area (Å²) in [6.45, 7) is 2.26. The van der Waals surface area contributed by atoms with Gasteiger partial charge in [0.2, 0.25) is 0 Å². The van der Waals surface area contributed by atoms with E-state index in [-0.39, 0.29) is 11.4 Å². The van der Waals surface area contributed by atoms with E-state index in [4.69, 9.17) is 16.7 Å². The van der Waals surface area contributed by atoms with Crippen LogP contribution in [-0.2, 0) is 0 Å². The summed E-state index contributed by atoms with van der Waals surface area (Å²) in [7, 11) is 0. The maximum Gasteiger partial charge on any atom is 0.356 e. The number of nitrogens with zero attached hydrogens (tertiary/aromatic N) is 4. The van der Waals surface area contributed by atoms with Gasteiger partial charge in [-0.05, 0) is 24.3 Å². The average molecular weight is 347 g/mol. The Bertz CT molecular complexity index is 758. The predicted molar refractivity (Wildman–Crippen MR) is 88.6 cm³/mol. The van der Waals surface area contributed by atoms with Crippen molar-refractivity contribution in [2.45, 2.75) is 0 Å². The van der Waals surface area contributed by atoms with Crippen molar-refractivity contribution in [1.29, 1.82) is 0 Å². The van der Waals surface area contributed by atoms with E-state index in [0.717, 1.165) is 5.69 Å². The number of hydrogen-bond acceptors (Lipinski definition) is 5. The molecule has 0 bridgehead atoms. The lowest BCUT2D eigenvalue weighted by Gasteiger charge is -2.36. The van der Waals surface area contributed by atoms with Gasteiger partial charge in [0.15, 0.2) is 11.4 Å². The van der Waals surface area contributed by atoms with Gasteiger partial charge in [-0.15, -0.1) is 0 Å². The first-order valence-electron chi connectivity index (χ1n) is 7.40. The molecule has 124 valence electrons. The zero-order valence-corrected chi connectivity index (χ0v) is 13.5. The van der Waals surface area contributed by atoms with Gasteiger partial charge in [-0.25, -0.2) is 14.8 Å². The molecule has 2 aromatic rings. The second-order valence-electron chi connectivity index (χ2n) is 5.31. The molecule has 1 aliphatic heterocycles. The summed E-state index contributed by atoms with van der Waals surface area (Å²) in [5.41, 5.74) is 0.602. The standard InChI is InChI=1S/C16H15ClN4O3/c17-11-1-3-12(4-2-11)20-7-9-21(10-8-20)15(22)13-14(16(23)24)19-6-5-18-13/h1-6H,7-10H2,(H,23,24). The summed E-state index contributed by atoms with van der Waals surface area (Å²) >= 11 is 5.89. The van der Waals surface area contributed by atoms with Crippen LogP contribution in [0.2, 0.25) is 5.02 Å². The molecule has 0 radical (unpaired) electrons. The van der Waals surface area contributed by atoms with Gasteiger partial charge in [0, 0.05) is 49.3 Å². The molecule has 0 spiro atoms. The summed E-state index contributed by atoms with van der Waals surface area (Å²) < 4.78 is 0. The summed E-state index contributed by atoms with van der Waals surface area (Å²) in [6.07, 6.45) is 2.59. The van der Waals surface area contributed by atoms with E-state index in [0.29, 0.717) is 31.2 Å². The number of aromatic carboxylic acids is 1. The number of benzene rings is 1. The predicted octanol–water partition coefficient (Wildman–Crippen LogP) is 1.79. The Hall–Kier alpha value is -2.67. The molecule has 0 unspecified atom stereocenters. The summed E-state index contributed by atoms with van der Waals surface area (Å²) in [4.78, 5) is 35.1. The number of piperazine rings is 1. The fourth-order valence-corrected chi connectivity index (χ4v) is 2.75. The molecule has 8 heteroatoms. The van der Waals surface area contributed by atoms with Crippen LogP contribution < -0.4 is 4.90 Å². The number of hydrogen-bond donors (Lipinski definition) is 1. The zero-order chi connectivity index (χ0) is 17.1. The van der Waals surface area contributed by atoms with Gasteiger partial charge in [-0.2, -0.15) is 0 Å². The minimum atomic E-state index is -1.26. The third-order valence-corrected chi connectivity index (χ3v) is 4.11. The topological polar surface area (TPSA) is 86.6 Å². The minimum Gasteiger partial charge on any atom is -0.476 e. The molecule has 7 nitrogen and oxygen atoms in total. The Morgan fingerprint density at radius 3 is 2.12 bits per heavy atom. The van der Waals surface area contributed by atoms with Crippen LogP contribution in [-0.4, -0.2) is 58.0 Å². The number of carboxylic acid groups (broad SMARTS) is 1. The van der Waals surface area contributed by atoms with Gasteiger partial charge in [0.05, 0.1) is 0 Å².